The zero-order valence-corrected chi connectivity index (χ0v) is 13.5. The fourth-order valence-corrected chi connectivity index (χ4v) is 3.43. The number of methoxy groups -OCH3 is 1. The van der Waals surface area contributed by atoms with Gasteiger partial charge < -0.3 is 9.64 Å². The van der Waals surface area contributed by atoms with Crippen LogP contribution in [0.3, 0.4) is 0 Å². The SMILES string of the molecule is COC(=O)N1CCc2nc(NC(=O)c3c(F)cccc3F)sc2C1. The summed E-state index contributed by atoms with van der Waals surface area (Å²) in [7, 11) is 1.30. The Morgan fingerprint density at radius 2 is 2.04 bits per heavy atom. The second kappa shape index (κ2) is 6.52. The number of nitrogens with one attached hydrogen (secondary N) is 1. The third-order valence-corrected chi connectivity index (χ3v) is 4.57. The van der Waals surface area contributed by atoms with Crippen molar-refractivity contribution in [2.75, 3.05) is 19.0 Å². The van der Waals surface area contributed by atoms with Crippen molar-refractivity contribution < 1.29 is 23.1 Å². The number of carbonyl (C=O) groups is 2. The van der Waals surface area contributed by atoms with Gasteiger partial charge in [-0.1, -0.05) is 17.4 Å². The molecule has 1 aliphatic heterocycles. The Kier molecular flexibility index (Phi) is 4.43. The van der Waals surface area contributed by atoms with Gasteiger partial charge in [0.1, 0.15) is 17.2 Å². The fourth-order valence-electron chi connectivity index (χ4n) is 2.41. The molecule has 2 aromatic rings. The second-order valence-corrected chi connectivity index (χ2v) is 6.16. The third kappa shape index (κ3) is 3.07. The van der Waals surface area contributed by atoms with E-state index in [0.717, 1.165) is 34.0 Å². The summed E-state index contributed by atoms with van der Waals surface area (Å²) in [6, 6.07) is 3.21. The molecule has 1 aromatic carbocycles. The van der Waals surface area contributed by atoms with Crippen LogP contribution in [-0.4, -0.2) is 35.5 Å². The summed E-state index contributed by atoms with van der Waals surface area (Å²) in [5.41, 5.74) is 0.103. The van der Waals surface area contributed by atoms with Gasteiger partial charge in [-0.2, -0.15) is 0 Å². The summed E-state index contributed by atoms with van der Waals surface area (Å²) in [6.45, 7) is 0.780. The van der Waals surface area contributed by atoms with Crippen LogP contribution in [0.1, 0.15) is 20.9 Å². The van der Waals surface area contributed by atoms with E-state index in [4.69, 9.17) is 0 Å². The molecule has 3 rings (SSSR count). The number of hydrogen-bond donors (Lipinski definition) is 1. The summed E-state index contributed by atoms with van der Waals surface area (Å²) in [5.74, 6) is -2.78. The quantitative estimate of drug-likeness (QED) is 0.901. The van der Waals surface area contributed by atoms with Gasteiger partial charge in [0.25, 0.3) is 5.91 Å². The van der Waals surface area contributed by atoms with Crippen molar-refractivity contribution in [3.05, 3.63) is 46.0 Å². The molecule has 1 aliphatic rings. The van der Waals surface area contributed by atoms with E-state index < -0.39 is 29.2 Å². The predicted octanol–water partition coefficient (Wildman–Crippen LogP) is 2.80. The summed E-state index contributed by atoms with van der Waals surface area (Å²) < 4.78 is 31.9. The molecule has 1 aromatic heterocycles. The van der Waals surface area contributed by atoms with Crippen LogP contribution in [-0.2, 0) is 17.7 Å². The number of amides is 2. The molecule has 9 heteroatoms. The third-order valence-electron chi connectivity index (χ3n) is 3.57. The maximum atomic E-state index is 13.6. The molecule has 0 aliphatic carbocycles. The van der Waals surface area contributed by atoms with Crippen LogP contribution in [0, 0.1) is 11.6 Å². The average molecular weight is 353 g/mol. The Hall–Kier alpha value is -2.55. The van der Waals surface area contributed by atoms with Gasteiger partial charge >= 0.3 is 6.09 Å². The van der Waals surface area contributed by atoms with Crippen LogP contribution in [0.2, 0.25) is 0 Å². The monoisotopic (exact) mass is 353 g/mol. The Morgan fingerprint density at radius 3 is 2.71 bits per heavy atom. The Bertz CT molecular complexity index is 789. The van der Waals surface area contributed by atoms with E-state index >= 15 is 0 Å². The first-order chi connectivity index (χ1) is 11.5. The van der Waals surface area contributed by atoms with Gasteiger partial charge in [0.2, 0.25) is 0 Å². The highest BCUT2D eigenvalue weighted by molar-refractivity contribution is 7.15. The molecule has 0 fully saturated rings. The molecule has 24 heavy (non-hydrogen) atoms. The van der Waals surface area contributed by atoms with Crippen LogP contribution in [0.25, 0.3) is 0 Å². The van der Waals surface area contributed by atoms with Crippen molar-refractivity contribution in [3.8, 4) is 0 Å². The lowest BCUT2D eigenvalue weighted by Gasteiger charge is -2.24. The van der Waals surface area contributed by atoms with Crippen LogP contribution in [0.4, 0.5) is 18.7 Å². The van der Waals surface area contributed by atoms with E-state index in [1.54, 1.807) is 0 Å². The van der Waals surface area contributed by atoms with Gasteiger partial charge in [-0.25, -0.2) is 18.6 Å². The van der Waals surface area contributed by atoms with E-state index in [-0.39, 0.29) is 5.13 Å². The number of carbonyl (C=O) groups excluding carboxylic acids is 2. The summed E-state index contributed by atoms with van der Waals surface area (Å²) in [5, 5.41) is 2.64. The highest BCUT2D eigenvalue weighted by Gasteiger charge is 2.25. The molecule has 0 radical (unpaired) electrons. The van der Waals surface area contributed by atoms with Gasteiger partial charge in [0.15, 0.2) is 5.13 Å². The first-order valence-corrected chi connectivity index (χ1v) is 7.88. The maximum absolute atomic E-state index is 13.6. The number of benzene rings is 1. The molecule has 0 unspecified atom stereocenters. The lowest BCUT2D eigenvalue weighted by atomic mass is 10.2. The molecular weight excluding hydrogens is 340 g/mol. The van der Waals surface area contributed by atoms with E-state index in [1.165, 1.54) is 18.1 Å². The number of thiazole rings is 1. The van der Waals surface area contributed by atoms with Gasteiger partial charge in [0, 0.05) is 17.8 Å². The van der Waals surface area contributed by atoms with Crippen molar-refractivity contribution >= 4 is 28.5 Å². The molecule has 0 bridgehead atoms. The zero-order chi connectivity index (χ0) is 17.3. The number of fused-ring (bicyclic) bond motifs is 1. The van der Waals surface area contributed by atoms with E-state index in [0.29, 0.717) is 19.5 Å². The minimum atomic E-state index is -0.939. The molecule has 0 atom stereocenters. The van der Waals surface area contributed by atoms with Crippen LogP contribution in [0.15, 0.2) is 18.2 Å². The molecular formula is C15H13F2N3O3S. The highest BCUT2D eigenvalue weighted by atomic mass is 32.1. The number of halogens is 2. The van der Waals surface area contributed by atoms with Crippen LogP contribution >= 0.6 is 11.3 Å². The first kappa shape index (κ1) is 16.3. The van der Waals surface area contributed by atoms with Gasteiger partial charge in [-0.3, -0.25) is 10.1 Å². The van der Waals surface area contributed by atoms with Gasteiger partial charge in [-0.05, 0) is 12.1 Å². The number of anilines is 1. The average Bonchev–Trinajstić information content (AvgIpc) is 2.95. The lowest BCUT2D eigenvalue weighted by Crippen LogP contribution is -2.35. The molecule has 126 valence electrons. The molecule has 2 amide bonds. The molecule has 0 spiro atoms. The number of rotatable bonds is 2. The standard InChI is InChI=1S/C15H13F2N3O3S/c1-23-15(22)20-6-5-10-11(7-20)24-14(18-10)19-13(21)12-8(16)3-2-4-9(12)17/h2-4H,5-7H2,1H3,(H,18,19,21). The Labute approximate surface area is 140 Å². The van der Waals surface area contributed by atoms with E-state index in [1.807, 2.05) is 0 Å². The number of hydrogen-bond acceptors (Lipinski definition) is 5. The predicted molar refractivity (Wildman–Crippen MR) is 82.9 cm³/mol. The topological polar surface area (TPSA) is 71.5 Å². The second-order valence-electron chi connectivity index (χ2n) is 5.08. The number of nitrogens with zero attached hydrogens (tertiary/aromatic N) is 2. The molecule has 0 saturated carbocycles. The number of ether oxygens (including phenoxy) is 1. The summed E-state index contributed by atoms with van der Waals surface area (Å²) in [6.07, 6.45) is 0.0817. The van der Waals surface area contributed by atoms with Crippen LogP contribution in [0.5, 0.6) is 0 Å². The molecule has 0 saturated heterocycles. The minimum Gasteiger partial charge on any atom is -0.453 e. The van der Waals surface area contributed by atoms with Crippen molar-refractivity contribution in [2.45, 2.75) is 13.0 Å². The van der Waals surface area contributed by atoms with E-state index in [2.05, 4.69) is 15.0 Å². The molecule has 2 heterocycles. The summed E-state index contributed by atoms with van der Waals surface area (Å²) in [4.78, 5) is 30.2. The van der Waals surface area contributed by atoms with Crippen molar-refractivity contribution in [1.29, 1.82) is 0 Å². The van der Waals surface area contributed by atoms with Crippen molar-refractivity contribution in [2.24, 2.45) is 0 Å². The summed E-state index contributed by atoms with van der Waals surface area (Å²) >= 11 is 1.16. The normalized spacial score (nSPS) is 13.4. The molecule has 6 nitrogen and oxygen atoms in total. The van der Waals surface area contributed by atoms with Gasteiger partial charge in [0.05, 0.1) is 19.3 Å². The Morgan fingerprint density at radius 1 is 1.33 bits per heavy atom. The van der Waals surface area contributed by atoms with Crippen molar-refractivity contribution in [3.63, 3.8) is 0 Å². The fraction of sp³-hybridized carbons (Fsp3) is 0.267. The van der Waals surface area contributed by atoms with Crippen molar-refractivity contribution in [1.82, 2.24) is 9.88 Å². The van der Waals surface area contributed by atoms with E-state index in [9.17, 15) is 18.4 Å². The molecule has 1 N–H and O–H groups in total. The maximum Gasteiger partial charge on any atom is 0.409 e. The highest BCUT2D eigenvalue weighted by Crippen LogP contribution is 2.29. The minimum absolute atomic E-state index is 0.236. The van der Waals surface area contributed by atoms with Gasteiger partial charge in [-0.15, -0.1) is 0 Å². The number of aromatic nitrogens is 1. The Balaban J connectivity index is 1.77. The lowest BCUT2D eigenvalue weighted by molar-refractivity contribution is 0.101. The van der Waals surface area contributed by atoms with Crippen LogP contribution < -0.4 is 5.32 Å². The largest absolute Gasteiger partial charge is 0.453 e. The smallest absolute Gasteiger partial charge is 0.409 e. The zero-order valence-electron chi connectivity index (χ0n) is 12.6. The first-order valence-electron chi connectivity index (χ1n) is 7.06.